The molecule has 1 aliphatic heterocycles. The Morgan fingerprint density at radius 2 is 2.04 bits per heavy atom. The van der Waals surface area contributed by atoms with E-state index in [9.17, 15) is 4.79 Å². The number of furan rings is 1. The summed E-state index contributed by atoms with van der Waals surface area (Å²) in [6, 6.07) is 14.0. The van der Waals surface area contributed by atoms with Gasteiger partial charge in [-0.25, -0.2) is 0 Å². The number of carbonyl (C=O) groups is 1. The van der Waals surface area contributed by atoms with Crippen LogP contribution in [-0.2, 0) is 6.54 Å². The van der Waals surface area contributed by atoms with Crippen LogP contribution in [-0.4, -0.2) is 46.3 Å². The molecule has 1 saturated heterocycles. The van der Waals surface area contributed by atoms with Crippen molar-refractivity contribution in [2.75, 3.05) is 24.5 Å². The molecule has 1 amide bonds. The van der Waals surface area contributed by atoms with Crippen LogP contribution in [0.1, 0.15) is 28.8 Å². The minimum absolute atomic E-state index is 0.0429. The van der Waals surface area contributed by atoms with Gasteiger partial charge in [0.15, 0.2) is 5.76 Å². The molecule has 6 nitrogen and oxygen atoms in total. The third-order valence-corrected chi connectivity index (χ3v) is 5.09. The highest BCUT2D eigenvalue weighted by Gasteiger charge is 2.30. The van der Waals surface area contributed by atoms with Crippen LogP contribution in [0.3, 0.4) is 0 Å². The smallest absolute Gasteiger partial charge is 0.289 e. The van der Waals surface area contributed by atoms with E-state index in [1.165, 1.54) is 11.3 Å². The van der Waals surface area contributed by atoms with Crippen LogP contribution >= 0.6 is 0 Å². The van der Waals surface area contributed by atoms with Crippen molar-refractivity contribution in [3.8, 4) is 0 Å². The summed E-state index contributed by atoms with van der Waals surface area (Å²) in [6.45, 7) is 7.07. The highest BCUT2D eigenvalue weighted by molar-refractivity contribution is 5.92. The lowest BCUT2D eigenvalue weighted by atomic mass is 10.1. The predicted octanol–water partition coefficient (Wildman–Crippen LogP) is 3.18. The number of benzene rings is 1. The van der Waals surface area contributed by atoms with Crippen molar-refractivity contribution >= 4 is 11.6 Å². The molecule has 1 unspecified atom stereocenters. The molecule has 27 heavy (non-hydrogen) atoms. The van der Waals surface area contributed by atoms with Gasteiger partial charge in [-0.3, -0.25) is 9.48 Å². The Labute approximate surface area is 159 Å². The minimum atomic E-state index is -0.0429. The highest BCUT2D eigenvalue weighted by Crippen LogP contribution is 2.24. The average molecular weight is 364 g/mol. The van der Waals surface area contributed by atoms with E-state index in [4.69, 9.17) is 4.42 Å². The quantitative estimate of drug-likeness (QED) is 0.713. The molecule has 0 radical (unpaired) electrons. The Bertz CT molecular complexity index is 916. The highest BCUT2D eigenvalue weighted by atomic mass is 16.4. The minimum Gasteiger partial charge on any atom is -0.454 e. The summed E-state index contributed by atoms with van der Waals surface area (Å²) >= 11 is 0. The first-order valence-electron chi connectivity index (χ1n) is 9.29. The van der Waals surface area contributed by atoms with Crippen molar-refractivity contribution in [3.05, 3.63) is 71.9 Å². The van der Waals surface area contributed by atoms with Crippen molar-refractivity contribution in [3.63, 3.8) is 0 Å². The fraction of sp³-hybridized carbons (Fsp3) is 0.333. The molecule has 0 aliphatic carbocycles. The fourth-order valence-electron chi connectivity index (χ4n) is 3.67. The first-order chi connectivity index (χ1) is 13.1. The SMILES string of the molecule is Cc1ccccc1N1CCN(C(=O)c2ccc(Cn3cccn3)o2)C(C)C1. The van der Waals surface area contributed by atoms with Crippen LogP contribution in [0.5, 0.6) is 0 Å². The van der Waals surface area contributed by atoms with Crippen LogP contribution < -0.4 is 4.90 Å². The number of aryl methyl sites for hydroxylation is 1. The normalized spacial score (nSPS) is 17.3. The van der Waals surface area contributed by atoms with E-state index in [-0.39, 0.29) is 11.9 Å². The van der Waals surface area contributed by atoms with E-state index in [2.05, 4.69) is 48.1 Å². The molecule has 140 valence electrons. The van der Waals surface area contributed by atoms with Crippen molar-refractivity contribution in [2.24, 2.45) is 0 Å². The summed E-state index contributed by atoms with van der Waals surface area (Å²) in [4.78, 5) is 17.2. The molecule has 0 bridgehead atoms. The molecule has 0 N–H and O–H groups in total. The van der Waals surface area contributed by atoms with Crippen molar-refractivity contribution in [1.82, 2.24) is 14.7 Å². The molecule has 4 rings (SSSR count). The van der Waals surface area contributed by atoms with Gasteiger partial charge in [-0.1, -0.05) is 18.2 Å². The molecule has 3 aromatic rings. The van der Waals surface area contributed by atoms with Crippen molar-refractivity contribution in [1.29, 1.82) is 0 Å². The number of para-hydroxylation sites is 1. The van der Waals surface area contributed by atoms with Crippen LogP contribution in [0.25, 0.3) is 0 Å². The zero-order valence-electron chi connectivity index (χ0n) is 15.7. The number of rotatable bonds is 4. The fourth-order valence-corrected chi connectivity index (χ4v) is 3.67. The molecule has 6 heteroatoms. The van der Waals surface area contributed by atoms with Gasteiger partial charge < -0.3 is 14.2 Å². The summed E-state index contributed by atoms with van der Waals surface area (Å²) in [5, 5.41) is 4.17. The standard InChI is InChI=1S/C21H24N4O2/c1-16-6-3-4-7-19(16)23-12-13-25(17(2)14-23)21(26)20-9-8-18(27-20)15-24-11-5-10-22-24/h3-11,17H,12-15H2,1-2H3. The number of hydrogen-bond acceptors (Lipinski definition) is 4. The maximum atomic E-state index is 12.9. The number of amides is 1. The Balaban J connectivity index is 1.43. The topological polar surface area (TPSA) is 54.5 Å². The van der Waals surface area contributed by atoms with Crippen LogP contribution in [0, 0.1) is 6.92 Å². The Hall–Kier alpha value is -3.02. The summed E-state index contributed by atoms with van der Waals surface area (Å²) in [5.74, 6) is 1.08. The maximum Gasteiger partial charge on any atom is 0.289 e. The van der Waals surface area contributed by atoms with E-state index in [1.807, 2.05) is 23.2 Å². The van der Waals surface area contributed by atoms with E-state index in [0.29, 0.717) is 18.8 Å². The molecule has 0 spiro atoms. The predicted molar refractivity (Wildman–Crippen MR) is 104 cm³/mol. The van der Waals surface area contributed by atoms with Gasteiger partial charge in [0.05, 0.1) is 6.54 Å². The average Bonchev–Trinajstić information content (AvgIpc) is 3.34. The number of anilines is 1. The number of carbonyl (C=O) groups excluding carboxylic acids is 1. The van der Waals surface area contributed by atoms with E-state index < -0.39 is 0 Å². The third-order valence-electron chi connectivity index (χ3n) is 5.09. The Morgan fingerprint density at radius 3 is 2.78 bits per heavy atom. The van der Waals surface area contributed by atoms with Gasteiger partial charge in [-0.15, -0.1) is 0 Å². The van der Waals surface area contributed by atoms with Gasteiger partial charge >= 0.3 is 0 Å². The van der Waals surface area contributed by atoms with Gasteiger partial charge in [0, 0.05) is 43.8 Å². The monoisotopic (exact) mass is 364 g/mol. The molecule has 1 atom stereocenters. The zero-order chi connectivity index (χ0) is 18.8. The summed E-state index contributed by atoms with van der Waals surface area (Å²) in [5.41, 5.74) is 2.51. The van der Waals surface area contributed by atoms with Gasteiger partial charge in [-0.2, -0.15) is 5.10 Å². The Kier molecular flexibility index (Phi) is 4.71. The number of piperazine rings is 1. The first kappa shape index (κ1) is 17.4. The van der Waals surface area contributed by atoms with Gasteiger partial charge in [0.2, 0.25) is 0 Å². The largest absolute Gasteiger partial charge is 0.454 e. The molecular formula is C21H24N4O2. The molecule has 1 aliphatic rings. The van der Waals surface area contributed by atoms with E-state index >= 15 is 0 Å². The van der Waals surface area contributed by atoms with Crippen molar-refractivity contribution < 1.29 is 9.21 Å². The third kappa shape index (κ3) is 3.60. The number of aromatic nitrogens is 2. The van der Waals surface area contributed by atoms with Crippen molar-refractivity contribution in [2.45, 2.75) is 26.4 Å². The molecule has 1 fully saturated rings. The van der Waals surface area contributed by atoms with Crippen LogP contribution in [0.15, 0.2) is 59.3 Å². The molecule has 1 aromatic carbocycles. The van der Waals surface area contributed by atoms with Gasteiger partial charge in [0.25, 0.3) is 5.91 Å². The zero-order valence-corrected chi connectivity index (χ0v) is 15.7. The molecule has 0 saturated carbocycles. The van der Waals surface area contributed by atoms with Gasteiger partial charge in [-0.05, 0) is 43.7 Å². The molecule has 2 aromatic heterocycles. The Morgan fingerprint density at radius 1 is 1.19 bits per heavy atom. The lowest BCUT2D eigenvalue weighted by molar-refractivity contribution is 0.0639. The summed E-state index contributed by atoms with van der Waals surface area (Å²) in [6.07, 6.45) is 3.60. The maximum absolute atomic E-state index is 12.9. The van der Waals surface area contributed by atoms with E-state index in [1.54, 1.807) is 16.9 Å². The second-order valence-corrected chi connectivity index (χ2v) is 7.05. The van der Waals surface area contributed by atoms with Gasteiger partial charge in [0.1, 0.15) is 5.76 Å². The first-order valence-corrected chi connectivity index (χ1v) is 9.29. The second-order valence-electron chi connectivity index (χ2n) is 7.05. The second kappa shape index (κ2) is 7.31. The van der Waals surface area contributed by atoms with E-state index in [0.717, 1.165) is 18.8 Å². The summed E-state index contributed by atoms with van der Waals surface area (Å²) in [7, 11) is 0. The number of hydrogen-bond donors (Lipinski definition) is 0. The molecular weight excluding hydrogens is 340 g/mol. The van der Waals surface area contributed by atoms with Crippen LogP contribution in [0.2, 0.25) is 0 Å². The molecule has 3 heterocycles. The lowest BCUT2D eigenvalue weighted by Crippen LogP contribution is -2.54. The number of nitrogens with zero attached hydrogens (tertiary/aromatic N) is 4. The summed E-state index contributed by atoms with van der Waals surface area (Å²) < 4.78 is 7.56. The lowest BCUT2D eigenvalue weighted by Gasteiger charge is -2.41. The van der Waals surface area contributed by atoms with Crippen LogP contribution in [0.4, 0.5) is 5.69 Å².